The Morgan fingerprint density at radius 1 is 1.33 bits per heavy atom. The molecule has 3 nitrogen and oxygen atoms in total. The zero-order valence-electron chi connectivity index (χ0n) is 9.70. The van der Waals surface area contributed by atoms with E-state index in [0.29, 0.717) is 12.0 Å². The van der Waals surface area contributed by atoms with Gasteiger partial charge in [0.1, 0.15) is 0 Å². The fourth-order valence-electron chi connectivity index (χ4n) is 3.37. The van der Waals surface area contributed by atoms with E-state index in [1.165, 1.54) is 25.7 Å². The molecular weight excluding hydrogens is 188 g/mol. The van der Waals surface area contributed by atoms with Gasteiger partial charge in [0.2, 0.25) is 5.91 Å². The summed E-state index contributed by atoms with van der Waals surface area (Å²) in [7, 11) is 0. The number of nitrogens with two attached hydrogens (primary N) is 1. The van der Waals surface area contributed by atoms with Gasteiger partial charge in [-0.3, -0.25) is 4.79 Å². The first-order chi connectivity index (χ1) is 7.08. The van der Waals surface area contributed by atoms with Crippen LogP contribution >= 0.6 is 0 Å². The highest BCUT2D eigenvalue weighted by Crippen LogP contribution is 2.49. The van der Waals surface area contributed by atoms with Crippen molar-refractivity contribution in [3.63, 3.8) is 0 Å². The van der Waals surface area contributed by atoms with Crippen molar-refractivity contribution in [1.82, 2.24) is 5.32 Å². The summed E-state index contributed by atoms with van der Waals surface area (Å²) >= 11 is 0. The second kappa shape index (κ2) is 4.12. The normalized spacial score (nSPS) is 37.7. The summed E-state index contributed by atoms with van der Waals surface area (Å²) in [6, 6.07) is -0.0789. The molecule has 3 heteroatoms. The van der Waals surface area contributed by atoms with E-state index >= 15 is 0 Å². The lowest BCUT2D eigenvalue weighted by Crippen LogP contribution is -2.46. The summed E-state index contributed by atoms with van der Waals surface area (Å²) in [6.07, 6.45) is 5.48. The fourth-order valence-corrected chi connectivity index (χ4v) is 3.37. The van der Waals surface area contributed by atoms with Crippen molar-refractivity contribution in [3.05, 3.63) is 0 Å². The van der Waals surface area contributed by atoms with E-state index in [9.17, 15) is 4.79 Å². The van der Waals surface area contributed by atoms with Crippen molar-refractivity contribution in [3.8, 4) is 0 Å². The third kappa shape index (κ3) is 2.17. The minimum atomic E-state index is -0.383. The lowest BCUT2D eigenvalue weighted by molar-refractivity contribution is -0.123. The Morgan fingerprint density at radius 3 is 2.53 bits per heavy atom. The minimum absolute atomic E-state index is 0.00901. The lowest BCUT2D eigenvalue weighted by atomic mass is 9.84. The van der Waals surface area contributed by atoms with Gasteiger partial charge in [0.25, 0.3) is 0 Å². The van der Waals surface area contributed by atoms with E-state index in [2.05, 4.69) is 12.2 Å². The number of hydrogen-bond acceptors (Lipinski definition) is 2. The van der Waals surface area contributed by atoms with Gasteiger partial charge in [-0.1, -0.05) is 6.42 Å². The average molecular weight is 210 g/mol. The van der Waals surface area contributed by atoms with Crippen LogP contribution in [-0.4, -0.2) is 18.0 Å². The van der Waals surface area contributed by atoms with Crippen LogP contribution in [0.3, 0.4) is 0 Å². The molecule has 2 aliphatic rings. The van der Waals surface area contributed by atoms with Crippen molar-refractivity contribution >= 4 is 5.91 Å². The molecule has 0 aromatic heterocycles. The summed E-state index contributed by atoms with van der Waals surface area (Å²) < 4.78 is 0. The van der Waals surface area contributed by atoms with Crippen molar-refractivity contribution in [2.75, 3.05) is 0 Å². The van der Waals surface area contributed by atoms with E-state index in [1.54, 1.807) is 6.92 Å². The van der Waals surface area contributed by atoms with E-state index < -0.39 is 0 Å². The molecule has 0 spiro atoms. The van der Waals surface area contributed by atoms with Gasteiger partial charge < -0.3 is 11.1 Å². The minimum Gasteiger partial charge on any atom is -0.352 e. The highest BCUT2D eigenvalue weighted by molar-refractivity contribution is 5.81. The predicted molar refractivity (Wildman–Crippen MR) is 60.2 cm³/mol. The quantitative estimate of drug-likeness (QED) is 0.737. The fraction of sp³-hybridized carbons (Fsp3) is 0.917. The second-order valence-electron chi connectivity index (χ2n) is 5.42. The zero-order valence-corrected chi connectivity index (χ0v) is 9.70. The number of amides is 1. The predicted octanol–water partition coefficient (Wildman–Crippen LogP) is 1.27. The zero-order chi connectivity index (χ0) is 11.0. The molecule has 0 radical (unpaired) electrons. The molecule has 2 rings (SSSR count). The maximum Gasteiger partial charge on any atom is 0.236 e. The Bertz CT molecular complexity index is 252. The van der Waals surface area contributed by atoms with Crippen LogP contribution in [0.15, 0.2) is 0 Å². The topological polar surface area (TPSA) is 55.1 Å². The SMILES string of the molecule is CC(NC(=O)[C@@H](C)N)C1CC2CCC1C2. The molecule has 0 heterocycles. The Labute approximate surface area is 91.8 Å². The van der Waals surface area contributed by atoms with Crippen LogP contribution in [0.25, 0.3) is 0 Å². The Kier molecular flexibility index (Phi) is 3.01. The van der Waals surface area contributed by atoms with Gasteiger partial charge in [0, 0.05) is 6.04 Å². The number of fused-ring (bicyclic) bond motifs is 2. The third-order valence-electron chi connectivity index (χ3n) is 4.22. The van der Waals surface area contributed by atoms with Crippen LogP contribution < -0.4 is 11.1 Å². The first-order valence-corrected chi connectivity index (χ1v) is 6.14. The van der Waals surface area contributed by atoms with Gasteiger partial charge in [0.05, 0.1) is 6.04 Å². The summed E-state index contributed by atoms with van der Waals surface area (Å²) in [5.41, 5.74) is 5.55. The Balaban J connectivity index is 1.86. The first kappa shape index (κ1) is 10.9. The summed E-state index contributed by atoms with van der Waals surface area (Å²) in [5.74, 6) is 2.49. The van der Waals surface area contributed by atoms with Crippen molar-refractivity contribution in [1.29, 1.82) is 0 Å². The van der Waals surface area contributed by atoms with E-state index in [4.69, 9.17) is 5.73 Å². The molecule has 2 bridgehead atoms. The molecule has 3 N–H and O–H groups in total. The van der Waals surface area contributed by atoms with Crippen molar-refractivity contribution < 1.29 is 4.79 Å². The molecule has 0 saturated heterocycles. The average Bonchev–Trinajstić information content (AvgIpc) is 2.78. The number of rotatable bonds is 3. The van der Waals surface area contributed by atoms with Gasteiger partial charge >= 0.3 is 0 Å². The summed E-state index contributed by atoms with van der Waals surface area (Å²) in [5, 5.41) is 3.04. The maximum atomic E-state index is 11.5. The van der Waals surface area contributed by atoms with Gasteiger partial charge in [-0.05, 0) is 50.9 Å². The summed E-state index contributed by atoms with van der Waals surface area (Å²) in [4.78, 5) is 11.5. The van der Waals surface area contributed by atoms with E-state index in [1.807, 2.05) is 0 Å². The van der Waals surface area contributed by atoms with Gasteiger partial charge in [0.15, 0.2) is 0 Å². The van der Waals surface area contributed by atoms with Crippen LogP contribution in [0.5, 0.6) is 0 Å². The maximum absolute atomic E-state index is 11.5. The monoisotopic (exact) mass is 210 g/mol. The largest absolute Gasteiger partial charge is 0.352 e. The molecule has 2 aliphatic carbocycles. The van der Waals surface area contributed by atoms with Gasteiger partial charge in [-0.25, -0.2) is 0 Å². The molecule has 1 amide bonds. The first-order valence-electron chi connectivity index (χ1n) is 6.14. The van der Waals surface area contributed by atoms with Crippen molar-refractivity contribution in [2.45, 2.75) is 51.6 Å². The number of nitrogens with one attached hydrogen (secondary N) is 1. The molecule has 2 fully saturated rings. The highest BCUT2D eigenvalue weighted by atomic mass is 16.2. The molecule has 2 saturated carbocycles. The van der Waals surface area contributed by atoms with Crippen LogP contribution in [0.2, 0.25) is 0 Å². The van der Waals surface area contributed by atoms with E-state index in [-0.39, 0.29) is 11.9 Å². The molecule has 86 valence electrons. The van der Waals surface area contributed by atoms with Crippen LogP contribution in [-0.2, 0) is 4.79 Å². The molecule has 15 heavy (non-hydrogen) atoms. The Morgan fingerprint density at radius 2 is 2.07 bits per heavy atom. The van der Waals surface area contributed by atoms with E-state index in [0.717, 1.165) is 11.8 Å². The van der Waals surface area contributed by atoms with Crippen LogP contribution in [0, 0.1) is 17.8 Å². The number of carbonyl (C=O) groups excluding carboxylic acids is 1. The molecule has 0 aromatic rings. The molecule has 0 aromatic carbocycles. The number of hydrogen-bond donors (Lipinski definition) is 2. The molecule has 5 atom stereocenters. The molecular formula is C12H22N2O. The van der Waals surface area contributed by atoms with Gasteiger partial charge in [-0.2, -0.15) is 0 Å². The Hall–Kier alpha value is -0.570. The smallest absolute Gasteiger partial charge is 0.236 e. The lowest BCUT2D eigenvalue weighted by Gasteiger charge is -2.29. The highest BCUT2D eigenvalue weighted by Gasteiger charge is 2.42. The van der Waals surface area contributed by atoms with Gasteiger partial charge in [-0.15, -0.1) is 0 Å². The third-order valence-corrected chi connectivity index (χ3v) is 4.22. The molecule has 4 unspecified atom stereocenters. The van der Waals surface area contributed by atoms with Crippen LogP contribution in [0.4, 0.5) is 0 Å². The second-order valence-corrected chi connectivity index (χ2v) is 5.42. The number of carbonyl (C=O) groups is 1. The molecule has 0 aliphatic heterocycles. The van der Waals surface area contributed by atoms with Crippen molar-refractivity contribution in [2.24, 2.45) is 23.5 Å². The van der Waals surface area contributed by atoms with Crippen LogP contribution in [0.1, 0.15) is 39.5 Å². The standard InChI is InChI=1S/C12H22N2O/c1-7(13)12(15)14-8(2)11-6-9-3-4-10(11)5-9/h7-11H,3-6,13H2,1-2H3,(H,14,15)/t7-,8?,9?,10?,11?/m1/s1. The summed E-state index contributed by atoms with van der Waals surface area (Å²) in [6.45, 7) is 3.87.